The Kier molecular flexibility index (Phi) is 4.32. The summed E-state index contributed by atoms with van der Waals surface area (Å²) in [7, 11) is 0. The van der Waals surface area contributed by atoms with Crippen LogP contribution in [-0.2, 0) is 11.2 Å². The molecule has 2 rings (SSSR count). The van der Waals surface area contributed by atoms with Crippen LogP contribution in [0.25, 0.3) is 11.0 Å². The average Bonchev–Trinajstić information content (AvgIpc) is 2.82. The van der Waals surface area contributed by atoms with Crippen LogP contribution in [0, 0.1) is 0 Å². The molecule has 102 valence electrons. The Morgan fingerprint density at radius 1 is 1.37 bits per heavy atom. The van der Waals surface area contributed by atoms with Crippen molar-refractivity contribution in [2.75, 3.05) is 11.8 Å². The van der Waals surface area contributed by atoms with E-state index in [1.54, 1.807) is 6.92 Å². The Hall–Kier alpha value is -1.26. The number of hydrogen-bond acceptors (Lipinski definition) is 3. The van der Waals surface area contributed by atoms with E-state index in [1.165, 1.54) is 0 Å². The number of rotatable bonds is 5. The van der Waals surface area contributed by atoms with Crippen LogP contribution >= 0.6 is 23.2 Å². The number of halogens is 2. The van der Waals surface area contributed by atoms with Crippen molar-refractivity contribution in [1.29, 1.82) is 0 Å². The minimum atomic E-state index is -0.611. The van der Waals surface area contributed by atoms with Gasteiger partial charge < -0.3 is 9.84 Å². The zero-order valence-electron chi connectivity index (χ0n) is 10.5. The van der Waals surface area contributed by atoms with Crippen LogP contribution in [0.4, 0.5) is 0 Å². The monoisotopic (exact) mass is 300 g/mol. The summed E-state index contributed by atoms with van der Waals surface area (Å²) in [5, 5.41) is 7.57. The Labute approximate surface area is 121 Å². The van der Waals surface area contributed by atoms with Crippen LogP contribution in [0.5, 0.6) is 0 Å². The molecule has 6 heteroatoms. The van der Waals surface area contributed by atoms with Crippen molar-refractivity contribution in [2.24, 2.45) is 0 Å². The minimum Gasteiger partial charge on any atom is -0.356 e. The Morgan fingerprint density at radius 3 is 2.74 bits per heavy atom. The minimum absolute atomic E-state index is 0.139. The molecule has 0 aliphatic heterocycles. The topological polar surface area (TPSA) is 55.1 Å². The van der Waals surface area contributed by atoms with Gasteiger partial charge in [-0.1, -0.05) is 17.3 Å². The van der Waals surface area contributed by atoms with E-state index in [9.17, 15) is 4.79 Å². The van der Waals surface area contributed by atoms with E-state index in [4.69, 9.17) is 27.7 Å². The molecule has 0 aliphatic carbocycles. The summed E-state index contributed by atoms with van der Waals surface area (Å²) in [4.78, 5) is 12.0. The van der Waals surface area contributed by atoms with Gasteiger partial charge in [0.1, 0.15) is 5.69 Å². The summed E-state index contributed by atoms with van der Waals surface area (Å²) in [5.41, 5.74) is 0.669. The first-order valence-electron chi connectivity index (χ1n) is 5.84. The summed E-state index contributed by atoms with van der Waals surface area (Å²) in [6.07, 6.45) is 0.139. The number of para-hydroxylation sites is 1. The normalized spacial score (nSPS) is 11.7. The molecule has 1 aromatic carbocycles. The van der Waals surface area contributed by atoms with Crippen LogP contribution in [0.1, 0.15) is 12.6 Å². The quantitative estimate of drug-likeness (QED) is 0.864. The molecule has 0 fully saturated rings. The van der Waals surface area contributed by atoms with Gasteiger partial charge >= 0.3 is 0 Å². The van der Waals surface area contributed by atoms with Crippen molar-refractivity contribution in [1.82, 2.24) is 10.5 Å². The van der Waals surface area contributed by atoms with E-state index >= 15 is 0 Å². The van der Waals surface area contributed by atoms with Crippen LogP contribution in [-0.4, -0.2) is 28.4 Å². The van der Waals surface area contributed by atoms with Gasteiger partial charge in [-0.05, 0) is 19.1 Å². The summed E-state index contributed by atoms with van der Waals surface area (Å²) in [5.74, 6) is 0.326. The lowest BCUT2D eigenvalue weighted by atomic mass is 10.1. The molecule has 2 aromatic rings. The second-order valence-corrected chi connectivity index (χ2v) is 5.21. The molecule has 0 atom stereocenters. The molecule has 1 N–H and O–H groups in total. The van der Waals surface area contributed by atoms with Crippen molar-refractivity contribution < 1.29 is 9.32 Å². The highest BCUT2D eigenvalue weighted by Gasteiger charge is 2.25. The van der Waals surface area contributed by atoms with E-state index in [1.807, 2.05) is 24.3 Å². The standard InChI is InChI=1S/C13H14Cl2N2O2/c1-13(7-14,8-15)16-12(18)6-10-9-4-2-3-5-11(9)19-17-10/h2-5H,6-8H2,1H3,(H,16,18). The lowest BCUT2D eigenvalue weighted by Crippen LogP contribution is -2.49. The molecule has 4 nitrogen and oxygen atoms in total. The van der Waals surface area contributed by atoms with Gasteiger partial charge in [0.15, 0.2) is 5.58 Å². The number of benzene rings is 1. The van der Waals surface area contributed by atoms with Gasteiger partial charge in [0.25, 0.3) is 0 Å². The van der Waals surface area contributed by atoms with Gasteiger partial charge in [-0.2, -0.15) is 0 Å². The van der Waals surface area contributed by atoms with Crippen LogP contribution in [0.3, 0.4) is 0 Å². The van der Waals surface area contributed by atoms with Crippen molar-refractivity contribution in [2.45, 2.75) is 18.9 Å². The molecule has 1 aromatic heterocycles. The first-order chi connectivity index (χ1) is 9.08. The van der Waals surface area contributed by atoms with Gasteiger partial charge in [-0.3, -0.25) is 4.79 Å². The lowest BCUT2D eigenvalue weighted by molar-refractivity contribution is -0.121. The fourth-order valence-electron chi connectivity index (χ4n) is 1.70. The predicted molar refractivity (Wildman–Crippen MR) is 75.7 cm³/mol. The summed E-state index contributed by atoms with van der Waals surface area (Å²) < 4.78 is 5.15. The molecule has 0 spiro atoms. The maximum absolute atomic E-state index is 12.0. The molecule has 19 heavy (non-hydrogen) atoms. The molecule has 0 radical (unpaired) electrons. The van der Waals surface area contributed by atoms with Gasteiger partial charge in [0.2, 0.25) is 5.91 Å². The number of carbonyl (C=O) groups is 1. The lowest BCUT2D eigenvalue weighted by Gasteiger charge is -2.25. The summed E-state index contributed by atoms with van der Waals surface area (Å²) in [6, 6.07) is 7.42. The first-order valence-corrected chi connectivity index (χ1v) is 6.91. The molecule has 0 unspecified atom stereocenters. The van der Waals surface area contributed by atoms with Gasteiger partial charge in [-0.15, -0.1) is 23.2 Å². The van der Waals surface area contributed by atoms with Gasteiger partial charge in [-0.25, -0.2) is 0 Å². The Morgan fingerprint density at radius 2 is 2.05 bits per heavy atom. The van der Waals surface area contributed by atoms with Gasteiger partial charge in [0.05, 0.1) is 12.0 Å². The fourth-order valence-corrected chi connectivity index (χ4v) is 2.12. The third-order valence-corrected chi connectivity index (χ3v) is 3.99. The van der Waals surface area contributed by atoms with Crippen LogP contribution in [0.2, 0.25) is 0 Å². The molecule has 1 amide bonds. The molecule has 0 aliphatic rings. The summed E-state index contributed by atoms with van der Waals surface area (Å²) >= 11 is 11.6. The Bertz CT molecular complexity index is 579. The Balaban J connectivity index is 2.11. The molecule has 0 bridgehead atoms. The third kappa shape index (κ3) is 3.19. The number of nitrogens with zero attached hydrogens (tertiary/aromatic N) is 1. The average molecular weight is 301 g/mol. The van der Waals surface area contributed by atoms with Crippen molar-refractivity contribution in [3.05, 3.63) is 30.0 Å². The number of fused-ring (bicyclic) bond motifs is 1. The molecular formula is C13H14Cl2N2O2. The predicted octanol–water partition coefficient (Wildman–Crippen LogP) is 2.72. The van der Waals surface area contributed by atoms with E-state index < -0.39 is 5.54 Å². The highest BCUT2D eigenvalue weighted by Crippen LogP contribution is 2.18. The smallest absolute Gasteiger partial charge is 0.226 e. The second kappa shape index (κ2) is 5.80. The zero-order chi connectivity index (χ0) is 13.9. The number of alkyl halides is 2. The van der Waals surface area contributed by atoms with E-state index in [0.717, 1.165) is 5.39 Å². The van der Waals surface area contributed by atoms with Crippen molar-refractivity contribution >= 4 is 40.1 Å². The van der Waals surface area contributed by atoms with Crippen LogP contribution in [0.15, 0.2) is 28.8 Å². The third-order valence-electron chi connectivity index (χ3n) is 2.81. The van der Waals surface area contributed by atoms with Crippen molar-refractivity contribution in [3.63, 3.8) is 0 Å². The largest absolute Gasteiger partial charge is 0.356 e. The van der Waals surface area contributed by atoms with E-state index in [-0.39, 0.29) is 24.1 Å². The molecular weight excluding hydrogens is 287 g/mol. The maximum Gasteiger partial charge on any atom is 0.226 e. The number of aromatic nitrogens is 1. The van der Waals surface area contributed by atoms with Gasteiger partial charge in [0, 0.05) is 17.1 Å². The van der Waals surface area contributed by atoms with Crippen LogP contribution < -0.4 is 5.32 Å². The number of carbonyl (C=O) groups excluding carboxylic acids is 1. The molecule has 0 saturated heterocycles. The van der Waals surface area contributed by atoms with E-state index in [2.05, 4.69) is 10.5 Å². The first kappa shape index (κ1) is 14.2. The molecule has 1 heterocycles. The van der Waals surface area contributed by atoms with E-state index in [0.29, 0.717) is 11.3 Å². The fraction of sp³-hybridized carbons (Fsp3) is 0.385. The highest BCUT2D eigenvalue weighted by atomic mass is 35.5. The number of amides is 1. The SMILES string of the molecule is CC(CCl)(CCl)NC(=O)Cc1noc2ccccc12. The second-order valence-electron chi connectivity index (χ2n) is 4.68. The number of hydrogen-bond donors (Lipinski definition) is 1. The highest BCUT2D eigenvalue weighted by molar-refractivity contribution is 6.22. The maximum atomic E-state index is 12.0. The zero-order valence-corrected chi connectivity index (χ0v) is 12.0. The summed E-state index contributed by atoms with van der Waals surface area (Å²) in [6.45, 7) is 1.80. The van der Waals surface area contributed by atoms with Crippen molar-refractivity contribution in [3.8, 4) is 0 Å². The number of nitrogens with one attached hydrogen (secondary N) is 1. The molecule has 0 saturated carbocycles.